The molecular weight excluding hydrogens is 506 g/mol. The fourth-order valence-electron chi connectivity index (χ4n) is 5.21. The summed E-state index contributed by atoms with van der Waals surface area (Å²) in [5, 5.41) is 21.7. The Morgan fingerprint density at radius 2 is 1.85 bits per heavy atom. The first-order valence-electron chi connectivity index (χ1n) is 14.2. The highest BCUT2D eigenvalue weighted by Crippen LogP contribution is 2.43. The number of nitrogen functional groups attached to an aromatic ring is 1. The molecule has 8 nitrogen and oxygen atoms in total. The number of aromatic nitrogens is 2. The van der Waals surface area contributed by atoms with Crippen molar-refractivity contribution in [1.82, 2.24) is 9.97 Å². The molecule has 0 spiro atoms. The average Bonchev–Trinajstić information content (AvgIpc) is 3.46. The van der Waals surface area contributed by atoms with Crippen molar-refractivity contribution in [2.75, 3.05) is 19.5 Å². The SMILES string of the molecule is CCCCCCCC(=O)CC(=O)CCc1cc(OC)c(O)c([C@@H](c2ccnc(N)c2)[C@H](CO)Cc2ccc[n-]2)c1. The molecule has 40 heavy (non-hydrogen) atoms. The molecule has 0 aliphatic heterocycles. The number of nitrogens with zero attached hydrogens (tertiary/aromatic N) is 2. The summed E-state index contributed by atoms with van der Waals surface area (Å²) in [6.45, 7) is 1.99. The number of carbonyl (C=O) groups excluding carboxylic acids is 2. The van der Waals surface area contributed by atoms with Crippen molar-refractivity contribution in [2.24, 2.45) is 5.92 Å². The lowest BCUT2D eigenvalue weighted by molar-refractivity contribution is -0.127. The molecule has 0 saturated carbocycles. The van der Waals surface area contributed by atoms with Gasteiger partial charge in [-0.2, -0.15) is 11.9 Å². The van der Waals surface area contributed by atoms with Gasteiger partial charge in [0.05, 0.1) is 13.5 Å². The van der Waals surface area contributed by atoms with Gasteiger partial charge in [-0.25, -0.2) is 4.98 Å². The van der Waals surface area contributed by atoms with Gasteiger partial charge in [-0.15, -0.1) is 0 Å². The predicted molar refractivity (Wildman–Crippen MR) is 156 cm³/mol. The highest BCUT2D eigenvalue weighted by atomic mass is 16.5. The second-order valence-corrected chi connectivity index (χ2v) is 10.4. The molecule has 216 valence electrons. The van der Waals surface area contributed by atoms with Crippen LogP contribution < -0.4 is 15.5 Å². The number of carbonyl (C=O) groups is 2. The molecule has 0 radical (unpaired) electrons. The number of aryl methyl sites for hydroxylation is 1. The Kier molecular flexibility index (Phi) is 12.2. The molecule has 0 unspecified atom stereocenters. The number of benzene rings is 1. The number of phenols is 1. The lowest BCUT2D eigenvalue weighted by Gasteiger charge is -2.29. The Balaban J connectivity index is 1.82. The molecular formula is C32H42N3O5-. The standard InChI is InChI=1S/C32H42N3O5/c1-3-4-5-6-7-10-26(37)20-27(38)12-11-22-16-28(32(39)29(17-22)40-2)31(23-13-15-35-30(33)19-23)24(21-36)18-25-9-8-14-34-25/h8-9,13-17,19,24,31,36,39H,3-7,10-12,18,20-21H2,1-2H3,(H2,33,35)/q-1/t24-,31-/m0/s1. The molecule has 0 bridgehead atoms. The van der Waals surface area contributed by atoms with Crippen LogP contribution in [-0.4, -0.2) is 40.5 Å². The zero-order valence-electron chi connectivity index (χ0n) is 23.6. The Hall–Kier alpha value is -3.65. The van der Waals surface area contributed by atoms with Crippen LogP contribution in [0.5, 0.6) is 11.5 Å². The number of aliphatic hydroxyl groups is 1. The summed E-state index contributed by atoms with van der Waals surface area (Å²) < 4.78 is 5.50. The molecule has 0 saturated heterocycles. The van der Waals surface area contributed by atoms with Crippen molar-refractivity contribution in [3.63, 3.8) is 0 Å². The third-order valence-corrected chi connectivity index (χ3v) is 7.32. The van der Waals surface area contributed by atoms with Crippen molar-refractivity contribution in [1.29, 1.82) is 0 Å². The number of methoxy groups -OCH3 is 1. The van der Waals surface area contributed by atoms with Gasteiger partial charge in [0, 0.05) is 37.1 Å². The van der Waals surface area contributed by atoms with E-state index in [1.165, 1.54) is 13.5 Å². The Labute approximate surface area is 237 Å². The first-order chi connectivity index (χ1) is 19.4. The first-order valence-corrected chi connectivity index (χ1v) is 14.2. The van der Waals surface area contributed by atoms with E-state index in [9.17, 15) is 19.8 Å². The number of ether oxygens (including phenoxy) is 1. The van der Waals surface area contributed by atoms with Gasteiger partial charge in [-0.3, -0.25) is 9.59 Å². The number of nitrogens with two attached hydrogens (primary N) is 1. The third-order valence-electron chi connectivity index (χ3n) is 7.32. The van der Waals surface area contributed by atoms with Crippen LogP contribution in [0.1, 0.15) is 86.6 Å². The van der Waals surface area contributed by atoms with Gasteiger partial charge < -0.3 is 25.7 Å². The van der Waals surface area contributed by atoms with Gasteiger partial charge in [0.25, 0.3) is 0 Å². The van der Waals surface area contributed by atoms with Crippen LogP contribution >= 0.6 is 0 Å². The minimum Gasteiger partial charge on any atom is -0.668 e. The number of hydrogen-bond donors (Lipinski definition) is 3. The van der Waals surface area contributed by atoms with Crippen molar-refractivity contribution in [2.45, 2.75) is 77.0 Å². The fourth-order valence-corrected chi connectivity index (χ4v) is 5.21. The van der Waals surface area contributed by atoms with E-state index in [1.807, 2.05) is 24.3 Å². The van der Waals surface area contributed by atoms with E-state index in [0.717, 1.165) is 42.5 Å². The van der Waals surface area contributed by atoms with Gasteiger partial charge in [0.15, 0.2) is 11.5 Å². The smallest absolute Gasteiger partial charge is 0.161 e. The average molecular weight is 549 g/mol. The molecule has 1 aromatic carbocycles. The lowest BCUT2D eigenvalue weighted by Crippen LogP contribution is -2.22. The quantitative estimate of drug-likeness (QED) is 0.147. The van der Waals surface area contributed by atoms with E-state index in [4.69, 9.17) is 10.5 Å². The maximum Gasteiger partial charge on any atom is 0.161 e. The van der Waals surface area contributed by atoms with Crippen molar-refractivity contribution < 1.29 is 24.5 Å². The van der Waals surface area contributed by atoms with E-state index < -0.39 is 5.92 Å². The van der Waals surface area contributed by atoms with Crippen LogP contribution in [0.2, 0.25) is 0 Å². The largest absolute Gasteiger partial charge is 0.668 e. The number of aromatic hydroxyl groups is 1. The first kappa shape index (κ1) is 30.9. The normalized spacial score (nSPS) is 12.7. The van der Waals surface area contributed by atoms with Crippen molar-refractivity contribution in [3.05, 3.63) is 71.2 Å². The second-order valence-electron chi connectivity index (χ2n) is 10.4. The molecule has 2 atom stereocenters. The molecule has 2 aromatic heterocycles. The van der Waals surface area contributed by atoms with Crippen LogP contribution in [0.15, 0.2) is 48.8 Å². The van der Waals surface area contributed by atoms with Gasteiger partial charge in [0.2, 0.25) is 0 Å². The van der Waals surface area contributed by atoms with E-state index in [-0.39, 0.29) is 48.4 Å². The zero-order valence-corrected chi connectivity index (χ0v) is 23.6. The molecule has 4 N–H and O–H groups in total. The number of ketones is 2. The summed E-state index contributed by atoms with van der Waals surface area (Å²) in [6.07, 6.45) is 10.1. The molecule has 3 aromatic rings. The van der Waals surface area contributed by atoms with Gasteiger partial charge in [-0.1, -0.05) is 50.8 Å². The molecule has 2 heterocycles. The highest BCUT2D eigenvalue weighted by Gasteiger charge is 2.29. The van der Waals surface area contributed by atoms with E-state index >= 15 is 0 Å². The number of phenolic OH excluding ortho intramolecular Hbond substituents is 1. The van der Waals surface area contributed by atoms with Crippen LogP contribution in [0, 0.1) is 5.92 Å². The summed E-state index contributed by atoms with van der Waals surface area (Å²) in [4.78, 5) is 33.4. The van der Waals surface area contributed by atoms with E-state index in [1.54, 1.807) is 24.5 Å². The zero-order chi connectivity index (χ0) is 28.9. The molecule has 0 aliphatic carbocycles. The number of pyridine rings is 1. The van der Waals surface area contributed by atoms with Crippen molar-refractivity contribution >= 4 is 17.4 Å². The molecule has 0 amide bonds. The summed E-state index contributed by atoms with van der Waals surface area (Å²) >= 11 is 0. The Bertz CT molecular complexity index is 1230. The number of unbranched alkanes of at least 4 members (excludes halogenated alkanes) is 4. The Morgan fingerprint density at radius 3 is 2.52 bits per heavy atom. The summed E-state index contributed by atoms with van der Waals surface area (Å²) in [6, 6.07) is 10.9. The van der Waals surface area contributed by atoms with Gasteiger partial charge >= 0.3 is 0 Å². The Morgan fingerprint density at radius 1 is 1.07 bits per heavy atom. The second kappa shape index (κ2) is 15.8. The molecule has 8 heteroatoms. The lowest BCUT2D eigenvalue weighted by atomic mass is 9.78. The predicted octanol–water partition coefficient (Wildman–Crippen LogP) is 5.14. The minimum absolute atomic E-state index is 0.00674. The third kappa shape index (κ3) is 8.95. The van der Waals surface area contributed by atoms with E-state index in [2.05, 4.69) is 16.9 Å². The van der Waals surface area contributed by atoms with Crippen LogP contribution in [0.3, 0.4) is 0 Å². The summed E-state index contributed by atoms with van der Waals surface area (Å²) in [5.74, 6) is -0.323. The molecule has 0 fully saturated rings. The van der Waals surface area contributed by atoms with Gasteiger partial charge in [0.1, 0.15) is 17.4 Å². The highest BCUT2D eigenvalue weighted by molar-refractivity contribution is 5.99. The number of aliphatic hydroxyl groups excluding tert-OH is 1. The number of rotatable bonds is 18. The van der Waals surface area contributed by atoms with Crippen LogP contribution in [0.25, 0.3) is 0 Å². The monoisotopic (exact) mass is 548 g/mol. The summed E-state index contributed by atoms with van der Waals surface area (Å²) in [5.41, 5.74) is 8.97. The topological polar surface area (TPSA) is 137 Å². The number of hydrogen-bond acceptors (Lipinski definition) is 7. The number of Topliss-reactive ketones (excluding diaryl/α,β-unsaturated/α-hetero) is 2. The minimum atomic E-state index is -0.453. The maximum atomic E-state index is 12.6. The summed E-state index contributed by atoms with van der Waals surface area (Å²) in [7, 11) is 1.48. The van der Waals surface area contributed by atoms with Crippen LogP contribution in [0.4, 0.5) is 5.82 Å². The van der Waals surface area contributed by atoms with Gasteiger partial charge in [-0.05, 0) is 54.5 Å². The van der Waals surface area contributed by atoms with Crippen molar-refractivity contribution in [3.8, 4) is 11.5 Å². The van der Waals surface area contributed by atoms with Crippen LogP contribution in [-0.2, 0) is 22.4 Å². The fraction of sp³-hybridized carbons (Fsp3) is 0.469. The maximum absolute atomic E-state index is 12.6. The number of anilines is 1. The molecule has 3 rings (SSSR count). The molecule has 0 aliphatic rings. The van der Waals surface area contributed by atoms with E-state index in [0.29, 0.717) is 30.6 Å².